The molecule has 3 nitrogen and oxygen atoms in total. The molecule has 0 fully saturated rings. The summed E-state index contributed by atoms with van der Waals surface area (Å²) in [6, 6.07) is 18.0. The van der Waals surface area contributed by atoms with Crippen LogP contribution in [0.5, 0.6) is 0 Å². The van der Waals surface area contributed by atoms with Crippen LogP contribution in [-0.2, 0) is 6.18 Å². The highest BCUT2D eigenvalue weighted by molar-refractivity contribution is 5.76. The number of pyridine rings is 1. The van der Waals surface area contributed by atoms with E-state index < -0.39 is 12.0 Å². The molecule has 0 saturated carbocycles. The van der Waals surface area contributed by atoms with Gasteiger partial charge in [0, 0.05) is 11.9 Å². The summed E-state index contributed by atoms with van der Waals surface area (Å²) in [5, 5.41) is 0. The lowest BCUT2D eigenvalue weighted by Gasteiger charge is -2.12. The maximum absolute atomic E-state index is 13.6. The monoisotopic (exact) mass is 353 g/mol. The number of aromatic nitrogens is 3. The largest absolute Gasteiger partial charge is 0.450 e. The molecule has 6 heteroatoms. The van der Waals surface area contributed by atoms with Gasteiger partial charge in [-0.2, -0.15) is 13.2 Å². The summed E-state index contributed by atoms with van der Waals surface area (Å²) >= 11 is 0. The lowest BCUT2D eigenvalue weighted by Crippen LogP contribution is -2.14. The van der Waals surface area contributed by atoms with E-state index in [1.165, 1.54) is 0 Å². The van der Waals surface area contributed by atoms with Gasteiger partial charge in [-0.15, -0.1) is 0 Å². The van der Waals surface area contributed by atoms with E-state index in [4.69, 9.17) is 0 Å². The van der Waals surface area contributed by atoms with Crippen LogP contribution in [0.3, 0.4) is 0 Å². The fourth-order valence-corrected chi connectivity index (χ4v) is 2.96. The third-order valence-electron chi connectivity index (χ3n) is 4.10. The molecule has 0 bridgehead atoms. The standard InChI is InChI=1S/C20H14F3N3/c1-13-10-17-18(24-12-13)26(19(25-17)20(21,22)23)16-9-5-8-15(11-16)14-6-3-2-4-7-14/h2-12H,1H3. The molecule has 2 heterocycles. The first kappa shape index (κ1) is 16.3. The Morgan fingerprint density at radius 1 is 0.885 bits per heavy atom. The first-order valence-electron chi connectivity index (χ1n) is 8.01. The molecule has 4 rings (SSSR count). The number of alkyl halides is 3. The second-order valence-corrected chi connectivity index (χ2v) is 6.04. The molecule has 0 spiro atoms. The van der Waals surface area contributed by atoms with E-state index in [1.807, 2.05) is 36.4 Å². The molecular weight excluding hydrogens is 339 g/mol. The molecule has 0 aliphatic carbocycles. The molecule has 2 aromatic carbocycles. The number of rotatable bonds is 2. The maximum atomic E-state index is 13.6. The van der Waals surface area contributed by atoms with Crippen LogP contribution < -0.4 is 0 Å². The van der Waals surface area contributed by atoms with Crippen molar-refractivity contribution in [2.45, 2.75) is 13.1 Å². The highest BCUT2D eigenvalue weighted by Crippen LogP contribution is 2.34. The van der Waals surface area contributed by atoms with Crippen molar-refractivity contribution in [3.63, 3.8) is 0 Å². The molecule has 0 aliphatic rings. The molecule has 0 N–H and O–H groups in total. The minimum Gasteiger partial charge on any atom is -0.273 e. The Kier molecular flexibility index (Phi) is 3.76. The van der Waals surface area contributed by atoms with E-state index >= 15 is 0 Å². The smallest absolute Gasteiger partial charge is 0.273 e. The van der Waals surface area contributed by atoms with Crippen molar-refractivity contribution in [1.82, 2.24) is 14.5 Å². The molecule has 0 radical (unpaired) electrons. The Morgan fingerprint density at radius 2 is 1.62 bits per heavy atom. The van der Waals surface area contributed by atoms with Gasteiger partial charge in [-0.05, 0) is 41.8 Å². The number of imidazole rings is 1. The van der Waals surface area contributed by atoms with Crippen LogP contribution in [0.4, 0.5) is 13.2 Å². The van der Waals surface area contributed by atoms with E-state index in [0.29, 0.717) is 5.69 Å². The number of nitrogens with zero attached hydrogens (tertiary/aromatic N) is 3. The highest BCUT2D eigenvalue weighted by Gasteiger charge is 2.38. The Hall–Kier alpha value is -3.15. The van der Waals surface area contributed by atoms with Gasteiger partial charge in [-0.3, -0.25) is 4.57 Å². The van der Waals surface area contributed by atoms with E-state index in [1.54, 1.807) is 37.4 Å². The van der Waals surface area contributed by atoms with Gasteiger partial charge in [-0.1, -0.05) is 42.5 Å². The van der Waals surface area contributed by atoms with Gasteiger partial charge in [0.1, 0.15) is 5.52 Å². The predicted molar refractivity (Wildman–Crippen MR) is 94.0 cm³/mol. The molecule has 0 unspecified atom stereocenters. The summed E-state index contributed by atoms with van der Waals surface area (Å²) in [5.74, 6) is -0.976. The molecule has 0 atom stereocenters. The van der Waals surface area contributed by atoms with Crippen LogP contribution in [0, 0.1) is 6.92 Å². The van der Waals surface area contributed by atoms with Gasteiger partial charge >= 0.3 is 6.18 Å². The summed E-state index contributed by atoms with van der Waals surface area (Å²) in [6.45, 7) is 1.77. The third kappa shape index (κ3) is 2.83. The molecule has 26 heavy (non-hydrogen) atoms. The predicted octanol–water partition coefficient (Wildman–Crippen LogP) is 5.41. The third-order valence-corrected chi connectivity index (χ3v) is 4.10. The van der Waals surface area contributed by atoms with Gasteiger partial charge in [0.15, 0.2) is 5.65 Å². The lowest BCUT2D eigenvalue weighted by atomic mass is 10.1. The zero-order valence-electron chi connectivity index (χ0n) is 13.8. The number of halogens is 3. The highest BCUT2D eigenvalue weighted by atomic mass is 19.4. The summed E-state index contributed by atoms with van der Waals surface area (Å²) in [7, 11) is 0. The second-order valence-electron chi connectivity index (χ2n) is 6.04. The second kappa shape index (κ2) is 5.98. The number of fused-ring (bicyclic) bond motifs is 1. The van der Waals surface area contributed by atoms with Crippen molar-refractivity contribution in [2.75, 3.05) is 0 Å². The van der Waals surface area contributed by atoms with Crippen LogP contribution in [0.25, 0.3) is 28.0 Å². The average molecular weight is 353 g/mol. The summed E-state index contributed by atoms with van der Waals surface area (Å²) in [6.07, 6.45) is -3.04. The van der Waals surface area contributed by atoms with Crippen LogP contribution >= 0.6 is 0 Å². The number of aryl methyl sites for hydroxylation is 1. The first-order valence-corrected chi connectivity index (χ1v) is 8.01. The van der Waals surface area contributed by atoms with E-state index in [9.17, 15) is 13.2 Å². The van der Waals surface area contributed by atoms with Crippen molar-refractivity contribution in [1.29, 1.82) is 0 Å². The number of hydrogen-bond donors (Lipinski definition) is 0. The molecule has 130 valence electrons. The normalized spacial score (nSPS) is 11.8. The summed E-state index contributed by atoms with van der Waals surface area (Å²) < 4.78 is 41.8. The van der Waals surface area contributed by atoms with Crippen molar-refractivity contribution in [3.8, 4) is 16.8 Å². The van der Waals surface area contributed by atoms with Gasteiger partial charge in [0.25, 0.3) is 0 Å². The zero-order chi connectivity index (χ0) is 18.3. The van der Waals surface area contributed by atoms with Gasteiger partial charge in [0.2, 0.25) is 5.82 Å². The molecule has 0 saturated heterocycles. The maximum Gasteiger partial charge on any atom is 0.450 e. The minimum absolute atomic E-state index is 0.188. The van der Waals surface area contributed by atoms with Crippen molar-refractivity contribution < 1.29 is 13.2 Å². The van der Waals surface area contributed by atoms with Crippen molar-refractivity contribution in [3.05, 3.63) is 78.2 Å². The topological polar surface area (TPSA) is 30.7 Å². The zero-order valence-corrected chi connectivity index (χ0v) is 13.8. The van der Waals surface area contributed by atoms with Crippen LogP contribution in [0.15, 0.2) is 66.9 Å². The molecular formula is C20H14F3N3. The average Bonchev–Trinajstić information content (AvgIpc) is 3.01. The van der Waals surface area contributed by atoms with Gasteiger partial charge in [-0.25, -0.2) is 9.97 Å². The van der Waals surface area contributed by atoms with Gasteiger partial charge in [0.05, 0.1) is 0 Å². The number of hydrogen-bond acceptors (Lipinski definition) is 2. The van der Waals surface area contributed by atoms with E-state index in [2.05, 4.69) is 9.97 Å². The SMILES string of the molecule is Cc1cnc2c(c1)nc(C(F)(F)F)n2-c1cccc(-c2ccccc2)c1. The quantitative estimate of drug-likeness (QED) is 0.482. The number of benzene rings is 2. The van der Waals surface area contributed by atoms with Crippen molar-refractivity contribution in [2.24, 2.45) is 0 Å². The molecule has 0 aliphatic heterocycles. The fraction of sp³-hybridized carbons (Fsp3) is 0.100. The Labute approximate surface area is 147 Å². The molecule has 2 aromatic heterocycles. The van der Waals surface area contributed by atoms with Crippen LogP contribution in [0.2, 0.25) is 0 Å². The molecule has 4 aromatic rings. The Balaban J connectivity index is 1.97. The van der Waals surface area contributed by atoms with Crippen molar-refractivity contribution >= 4 is 11.2 Å². The molecule has 0 amide bonds. The van der Waals surface area contributed by atoms with Crippen LogP contribution in [-0.4, -0.2) is 14.5 Å². The Bertz CT molecular complexity index is 1080. The summed E-state index contributed by atoms with van der Waals surface area (Å²) in [5.41, 5.74) is 3.29. The summed E-state index contributed by atoms with van der Waals surface area (Å²) in [4.78, 5) is 7.99. The Morgan fingerprint density at radius 3 is 2.35 bits per heavy atom. The lowest BCUT2D eigenvalue weighted by molar-refractivity contribution is -0.145. The van der Waals surface area contributed by atoms with E-state index in [0.717, 1.165) is 21.3 Å². The van der Waals surface area contributed by atoms with Gasteiger partial charge < -0.3 is 0 Å². The van der Waals surface area contributed by atoms with Crippen LogP contribution in [0.1, 0.15) is 11.4 Å². The first-order chi connectivity index (χ1) is 12.4. The van der Waals surface area contributed by atoms with E-state index in [-0.39, 0.29) is 11.2 Å². The minimum atomic E-state index is -4.59. The fourth-order valence-electron chi connectivity index (χ4n) is 2.96.